The van der Waals surface area contributed by atoms with E-state index in [1.54, 1.807) is 0 Å². The van der Waals surface area contributed by atoms with Crippen LogP contribution >= 0.6 is 0 Å². The number of carboxylic acid groups (broad SMARTS) is 1. The van der Waals surface area contributed by atoms with Crippen molar-refractivity contribution < 1.29 is 14.7 Å². The molecule has 0 saturated heterocycles. The fourth-order valence-corrected chi connectivity index (χ4v) is 1.90. The van der Waals surface area contributed by atoms with Gasteiger partial charge >= 0.3 is 5.97 Å². The van der Waals surface area contributed by atoms with E-state index in [-0.39, 0.29) is 5.91 Å². The molecular weight excluding hydrogens is 196 g/mol. The average molecular weight is 214 g/mol. The Labute approximate surface area is 89.2 Å². The van der Waals surface area contributed by atoms with Gasteiger partial charge in [0.2, 0.25) is 5.91 Å². The van der Waals surface area contributed by atoms with Crippen molar-refractivity contribution in [1.82, 2.24) is 5.01 Å². The molecule has 0 heterocycles. The van der Waals surface area contributed by atoms with E-state index in [4.69, 9.17) is 10.9 Å². The normalized spacial score (nSPS) is 18.8. The van der Waals surface area contributed by atoms with Gasteiger partial charge in [0.25, 0.3) is 0 Å². The topological polar surface area (TPSA) is 83.6 Å². The van der Waals surface area contributed by atoms with Gasteiger partial charge in [-0.3, -0.25) is 9.80 Å². The Morgan fingerprint density at radius 1 is 1.47 bits per heavy atom. The number of amides is 1. The molecule has 1 amide bonds. The Morgan fingerprint density at radius 3 is 2.47 bits per heavy atom. The first-order valence-electron chi connectivity index (χ1n) is 5.32. The largest absolute Gasteiger partial charge is 0.480 e. The highest BCUT2D eigenvalue weighted by Gasteiger charge is 2.26. The van der Waals surface area contributed by atoms with Crippen LogP contribution in [0.4, 0.5) is 0 Å². The van der Waals surface area contributed by atoms with Gasteiger partial charge in [-0.1, -0.05) is 12.8 Å². The first kappa shape index (κ1) is 12.0. The molecule has 0 radical (unpaired) electrons. The molecule has 86 valence electrons. The van der Waals surface area contributed by atoms with Crippen molar-refractivity contribution in [2.45, 2.75) is 45.1 Å². The van der Waals surface area contributed by atoms with Gasteiger partial charge in [0.1, 0.15) is 6.04 Å². The van der Waals surface area contributed by atoms with Crippen molar-refractivity contribution in [2.75, 3.05) is 0 Å². The van der Waals surface area contributed by atoms with E-state index in [0.717, 1.165) is 30.7 Å². The molecular formula is C10H18N2O3. The molecule has 1 atom stereocenters. The maximum atomic E-state index is 11.6. The van der Waals surface area contributed by atoms with E-state index in [9.17, 15) is 9.59 Å². The molecule has 1 aliphatic rings. The Bertz CT molecular complexity index is 249. The van der Waals surface area contributed by atoms with Crippen LogP contribution in [-0.4, -0.2) is 28.0 Å². The van der Waals surface area contributed by atoms with Crippen molar-refractivity contribution >= 4 is 11.9 Å². The zero-order valence-electron chi connectivity index (χ0n) is 8.98. The summed E-state index contributed by atoms with van der Waals surface area (Å²) >= 11 is 0. The number of hydrogen-bond donors (Lipinski definition) is 2. The van der Waals surface area contributed by atoms with Crippen LogP contribution in [0.15, 0.2) is 0 Å². The predicted molar refractivity (Wildman–Crippen MR) is 54.7 cm³/mol. The lowest BCUT2D eigenvalue weighted by atomic mass is 10.0. The van der Waals surface area contributed by atoms with Crippen LogP contribution in [0.1, 0.15) is 39.0 Å². The third-order valence-electron chi connectivity index (χ3n) is 3.00. The highest BCUT2D eigenvalue weighted by Crippen LogP contribution is 2.27. The van der Waals surface area contributed by atoms with Gasteiger partial charge in [0, 0.05) is 6.42 Å². The Hall–Kier alpha value is -1.10. The number of carboxylic acids is 1. The summed E-state index contributed by atoms with van der Waals surface area (Å²) in [5, 5.41) is 9.52. The molecule has 0 unspecified atom stereocenters. The van der Waals surface area contributed by atoms with E-state index < -0.39 is 12.0 Å². The van der Waals surface area contributed by atoms with Crippen LogP contribution in [0.2, 0.25) is 0 Å². The van der Waals surface area contributed by atoms with Gasteiger partial charge < -0.3 is 5.11 Å². The number of nitrogens with two attached hydrogens (primary N) is 1. The van der Waals surface area contributed by atoms with E-state index in [1.807, 2.05) is 0 Å². The first-order valence-corrected chi connectivity index (χ1v) is 5.32. The number of aliphatic carboxylic acids is 1. The second-order valence-corrected chi connectivity index (χ2v) is 4.17. The summed E-state index contributed by atoms with van der Waals surface area (Å²) in [6.45, 7) is 1.41. The summed E-state index contributed by atoms with van der Waals surface area (Å²) in [6.07, 6.45) is 4.82. The average Bonchev–Trinajstić information content (AvgIpc) is 2.67. The predicted octanol–water partition coefficient (Wildman–Crippen LogP) is 0.742. The molecule has 0 bridgehead atoms. The summed E-state index contributed by atoms with van der Waals surface area (Å²) in [5.41, 5.74) is 0. The summed E-state index contributed by atoms with van der Waals surface area (Å²) < 4.78 is 0. The first-order chi connectivity index (χ1) is 7.02. The third-order valence-corrected chi connectivity index (χ3v) is 3.00. The van der Waals surface area contributed by atoms with Gasteiger partial charge in [0.15, 0.2) is 0 Å². The van der Waals surface area contributed by atoms with Gasteiger partial charge in [-0.15, -0.1) is 0 Å². The van der Waals surface area contributed by atoms with Gasteiger partial charge in [0.05, 0.1) is 0 Å². The smallest absolute Gasteiger partial charge is 0.327 e. The third kappa shape index (κ3) is 3.20. The van der Waals surface area contributed by atoms with E-state index in [0.29, 0.717) is 12.3 Å². The maximum Gasteiger partial charge on any atom is 0.327 e. The van der Waals surface area contributed by atoms with Gasteiger partial charge in [-0.05, 0) is 25.7 Å². The van der Waals surface area contributed by atoms with Gasteiger partial charge in [-0.25, -0.2) is 10.6 Å². The van der Waals surface area contributed by atoms with E-state index in [2.05, 4.69) is 0 Å². The Kier molecular flexibility index (Phi) is 4.08. The van der Waals surface area contributed by atoms with Crippen LogP contribution in [0.3, 0.4) is 0 Å². The van der Waals surface area contributed by atoms with Crippen LogP contribution in [0, 0.1) is 5.92 Å². The van der Waals surface area contributed by atoms with Crippen LogP contribution in [0.5, 0.6) is 0 Å². The molecule has 0 aliphatic heterocycles. The standard InChI is InChI=1S/C10H18N2O3/c1-7(10(14)15)12(11)9(13)6-8-4-2-3-5-8/h7-8H,2-6,11H2,1H3,(H,14,15)/t7-/m0/s1. The minimum Gasteiger partial charge on any atom is -0.480 e. The molecule has 1 rings (SSSR count). The lowest BCUT2D eigenvalue weighted by molar-refractivity contribution is -0.150. The molecule has 15 heavy (non-hydrogen) atoms. The summed E-state index contributed by atoms with van der Waals surface area (Å²) in [4.78, 5) is 22.2. The van der Waals surface area contributed by atoms with Crippen LogP contribution < -0.4 is 5.84 Å². The molecule has 3 N–H and O–H groups in total. The van der Waals surface area contributed by atoms with Crippen LogP contribution in [0.25, 0.3) is 0 Å². The summed E-state index contributed by atoms with van der Waals surface area (Å²) in [5.74, 6) is 4.50. The molecule has 0 aromatic heterocycles. The minimum absolute atomic E-state index is 0.267. The fourth-order valence-electron chi connectivity index (χ4n) is 1.90. The molecule has 0 spiro atoms. The molecule has 1 fully saturated rings. The molecule has 1 saturated carbocycles. The number of hydrazine groups is 1. The van der Waals surface area contributed by atoms with Crippen LogP contribution in [-0.2, 0) is 9.59 Å². The van der Waals surface area contributed by atoms with Crippen molar-refractivity contribution in [3.63, 3.8) is 0 Å². The number of carbonyl (C=O) groups is 2. The minimum atomic E-state index is -1.07. The van der Waals surface area contributed by atoms with Gasteiger partial charge in [-0.2, -0.15) is 0 Å². The fraction of sp³-hybridized carbons (Fsp3) is 0.800. The quantitative estimate of drug-likeness (QED) is 0.411. The zero-order chi connectivity index (χ0) is 11.4. The number of hydrogen-bond acceptors (Lipinski definition) is 3. The van der Waals surface area contributed by atoms with Crippen molar-refractivity contribution in [1.29, 1.82) is 0 Å². The van der Waals surface area contributed by atoms with Crippen molar-refractivity contribution in [3.8, 4) is 0 Å². The molecule has 0 aromatic rings. The van der Waals surface area contributed by atoms with Crippen molar-refractivity contribution in [3.05, 3.63) is 0 Å². The lowest BCUT2D eigenvalue weighted by Gasteiger charge is -2.22. The lowest BCUT2D eigenvalue weighted by Crippen LogP contribution is -2.48. The summed E-state index contributed by atoms with van der Waals surface area (Å²) in [7, 11) is 0. The Balaban J connectivity index is 2.41. The molecule has 5 nitrogen and oxygen atoms in total. The van der Waals surface area contributed by atoms with E-state index >= 15 is 0 Å². The summed E-state index contributed by atoms with van der Waals surface area (Å²) in [6, 6.07) is -0.945. The maximum absolute atomic E-state index is 11.6. The van der Waals surface area contributed by atoms with E-state index in [1.165, 1.54) is 6.92 Å². The number of nitrogens with zero attached hydrogens (tertiary/aromatic N) is 1. The second kappa shape index (κ2) is 5.11. The molecule has 1 aliphatic carbocycles. The number of rotatable bonds is 4. The molecule has 5 heteroatoms. The molecule has 0 aromatic carbocycles. The number of carbonyl (C=O) groups excluding carboxylic acids is 1. The zero-order valence-corrected chi connectivity index (χ0v) is 8.98. The monoisotopic (exact) mass is 214 g/mol. The van der Waals surface area contributed by atoms with Crippen molar-refractivity contribution in [2.24, 2.45) is 11.8 Å². The highest BCUT2D eigenvalue weighted by atomic mass is 16.4. The Morgan fingerprint density at radius 2 is 2.00 bits per heavy atom. The second-order valence-electron chi connectivity index (χ2n) is 4.17. The SMILES string of the molecule is C[C@@H](C(=O)O)N(N)C(=O)CC1CCCC1. The highest BCUT2D eigenvalue weighted by molar-refractivity contribution is 5.82.